The third-order valence-electron chi connectivity index (χ3n) is 8.54. The molecule has 4 aliphatic rings. The number of carbonyl (C=O) groups is 1. The lowest BCUT2D eigenvalue weighted by molar-refractivity contribution is -0.116. The summed E-state index contributed by atoms with van der Waals surface area (Å²) in [6.45, 7) is 4.81. The minimum atomic E-state index is 0.140. The molecule has 4 rings (SSSR count). The molecule has 0 aromatic rings. The van der Waals surface area contributed by atoms with E-state index in [9.17, 15) is 4.79 Å². The fraction of sp³-hybridized carbons (Fsp3) is 0.773. The Morgan fingerprint density at radius 3 is 2.74 bits per heavy atom. The van der Waals surface area contributed by atoms with Crippen molar-refractivity contribution < 1.29 is 4.79 Å². The van der Waals surface area contributed by atoms with Crippen LogP contribution in [0.2, 0.25) is 0 Å². The molecular formula is C22H30O. The van der Waals surface area contributed by atoms with Gasteiger partial charge in [0.15, 0.2) is 5.78 Å². The van der Waals surface area contributed by atoms with Crippen LogP contribution in [0, 0.1) is 46.8 Å². The van der Waals surface area contributed by atoms with Crippen molar-refractivity contribution in [1.29, 1.82) is 0 Å². The molecule has 1 heteroatoms. The number of allylic oxidation sites excluding steroid dienone is 1. The van der Waals surface area contributed by atoms with Crippen LogP contribution < -0.4 is 0 Å². The Hall–Kier alpha value is -1.03. The van der Waals surface area contributed by atoms with Crippen LogP contribution in [0.4, 0.5) is 0 Å². The summed E-state index contributed by atoms with van der Waals surface area (Å²) in [5, 5.41) is 0. The first-order chi connectivity index (χ1) is 11.0. The van der Waals surface area contributed by atoms with Crippen molar-refractivity contribution >= 4 is 5.78 Å². The molecule has 0 aromatic heterocycles. The van der Waals surface area contributed by atoms with E-state index in [4.69, 9.17) is 6.42 Å². The third kappa shape index (κ3) is 1.97. The summed E-state index contributed by atoms with van der Waals surface area (Å²) in [6, 6.07) is 0. The number of fused-ring (bicyclic) bond motifs is 5. The van der Waals surface area contributed by atoms with Gasteiger partial charge >= 0.3 is 0 Å². The van der Waals surface area contributed by atoms with Gasteiger partial charge in [-0.15, -0.1) is 6.42 Å². The average Bonchev–Trinajstić information content (AvgIpc) is 2.87. The summed E-state index contributed by atoms with van der Waals surface area (Å²) < 4.78 is 0. The number of hydrogen-bond acceptors (Lipinski definition) is 1. The SMILES string of the molecule is C#C[C@@]1(CC)CC[C@H]2[C@@H]3CCC4=CC(=O)CC[C@@H]4[C@H]3CC[C@@]21C. The molecule has 0 amide bonds. The molecule has 1 nitrogen and oxygen atoms in total. The normalized spacial score (nSPS) is 48.7. The summed E-state index contributed by atoms with van der Waals surface area (Å²) >= 11 is 0. The number of ketones is 1. The van der Waals surface area contributed by atoms with Gasteiger partial charge in [-0.25, -0.2) is 0 Å². The zero-order valence-electron chi connectivity index (χ0n) is 14.7. The molecule has 0 bridgehead atoms. The maximum atomic E-state index is 11.8. The van der Waals surface area contributed by atoms with Crippen molar-refractivity contribution in [2.75, 3.05) is 0 Å². The highest BCUT2D eigenvalue weighted by Gasteiger charge is 2.61. The monoisotopic (exact) mass is 310 g/mol. The summed E-state index contributed by atoms with van der Waals surface area (Å²) in [4.78, 5) is 11.8. The second kappa shape index (κ2) is 5.23. The van der Waals surface area contributed by atoms with Crippen molar-refractivity contribution in [3.8, 4) is 12.3 Å². The minimum Gasteiger partial charge on any atom is -0.295 e. The molecule has 0 aromatic carbocycles. The van der Waals surface area contributed by atoms with Gasteiger partial charge in [0.1, 0.15) is 0 Å². The van der Waals surface area contributed by atoms with E-state index in [0.717, 1.165) is 37.0 Å². The van der Waals surface area contributed by atoms with E-state index in [1.54, 1.807) is 0 Å². The summed E-state index contributed by atoms with van der Waals surface area (Å²) in [7, 11) is 0. The standard InChI is InChI=1S/C22H30O/c1-4-22(5-2)13-11-20-19-8-6-15-14-16(23)7-9-17(15)18(19)10-12-21(20,22)3/h1,14,17-20H,5-13H2,2-3H3/t17-,18+,19+,20-,21-,22+/m0/s1. The van der Waals surface area contributed by atoms with Gasteiger partial charge in [-0.1, -0.05) is 25.3 Å². The van der Waals surface area contributed by atoms with Crippen LogP contribution in [-0.2, 0) is 4.79 Å². The summed E-state index contributed by atoms with van der Waals surface area (Å²) in [5.41, 5.74) is 1.98. The second-order valence-corrected chi connectivity index (χ2v) is 8.88. The van der Waals surface area contributed by atoms with E-state index in [0.29, 0.717) is 17.1 Å². The maximum Gasteiger partial charge on any atom is 0.155 e. The molecule has 23 heavy (non-hydrogen) atoms. The van der Waals surface area contributed by atoms with E-state index >= 15 is 0 Å². The first-order valence-corrected chi connectivity index (χ1v) is 9.76. The third-order valence-corrected chi connectivity index (χ3v) is 8.54. The fourth-order valence-electron chi connectivity index (χ4n) is 7.23. The van der Waals surface area contributed by atoms with Gasteiger partial charge in [-0.05, 0) is 86.5 Å². The van der Waals surface area contributed by atoms with Crippen molar-refractivity contribution in [3.05, 3.63) is 11.6 Å². The topological polar surface area (TPSA) is 17.1 Å². The van der Waals surface area contributed by atoms with Crippen LogP contribution in [0.15, 0.2) is 11.6 Å². The highest BCUT2D eigenvalue weighted by atomic mass is 16.1. The molecule has 0 saturated heterocycles. The molecular weight excluding hydrogens is 280 g/mol. The highest BCUT2D eigenvalue weighted by Crippen LogP contribution is 2.68. The Kier molecular flexibility index (Phi) is 3.53. The molecule has 0 aliphatic heterocycles. The Morgan fingerprint density at radius 2 is 2.00 bits per heavy atom. The molecule has 0 heterocycles. The first kappa shape index (κ1) is 15.5. The van der Waals surface area contributed by atoms with Gasteiger partial charge in [0.05, 0.1) is 0 Å². The number of hydrogen-bond donors (Lipinski definition) is 0. The van der Waals surface area contributed by atoms with E-state index in [2.05, 4.69) is 19.8 Å². The zero-order valence-corrected chi connectivity index (χ0v) is 14.7. The van der Waals surface area contributed by atoms with Crippen LogP contribution in [0.5, 0.6) is 0 Å². The van der Waals surface area contributed by atoms with Gasteiger partial charge in [0.25, 0.3) is 0 Å². The van der Waals surface area contributed by atoms with E-state index in [1.165, 1.54) is 44.1 Å². The smallest absolute Gasteiger partial charge is 0.155 e. The number of terminal acetylenes is 1. The van der Waals surface area contributed by atoms with Gasteiger partial charge in [0.2, 0.25) is 0 Å². The molecule has 0 N–H and O–H groups in total. The van der Waals surface area contributed by atoms with Gasteiger partial charge < -0.3 is 0 Å². The molecule has 4 aliphatic carbocycles. The van der Waals surface area contributed by atoms with Crippen LogP contribution in [-0.4, -0.2) is 5.78 Å². The van der Waals surface area contributed by atoms with Crippen molar-refractivity contribution in [2.45, 2.75) is 71.6 Å². The van der Waals surface area contributed by atoms with Crippen LogP contribution in [0.1, 0.15) is 71.6 Å². The lowest BCUT2D eigenvalue weighted by Gasteiger charge is -2.56. The second-order valence-electron chi connectivity index (χ2n) is 8.88. The molecule has 0 spiro atoms. The maximum absolute atomic E-state index is 11.8. The molecule has 0 radical (unpaired) electrons. The minimum absolute atomic E-state index is 0.140. The Morgan fingerprint density at radius 1 is 1.17 bits per heavy atom. The molecule has 3 fully saturated rings. The van der Waals surface area contributed by atoms with Crippen LogP contribution >= 0.6 is 0 Å². The summed E-state index contributed by atoms with van der Waals surface area (Å²) in [6.07, 6.45) is 18.8. The first-order valence-electron chi connectivity index (χ1n) is 9.76. The van der Waals surface area contributed by atoms with Gasteiger partial charge in [0, 0.05) is 11.8 Å². The van der Waals surface area contributed by atoms with Crippen molar-refractivity contribution in [3.63, 3.8) is 0 Å². The Bertz CT molecular complexity index is 594. The Labute approximate surface area is 141 Å². The van der Waals surface area contributed by atoms with Crippen LogP contribution in [0.3, 0.4) is 0 Å². The quantitative estimate of drug-likeness (QED) is 0.612. The molecule has 6 atom stereocenters. The van der Waals surface area contributed by atoms with Crippen molar-refractivity contribution in [1.82, 2.24) is 0 Å². The molecule has 124 valence electrons. The van der Waals surface area contributed by atoms with Crippen molar-refractivity contribution in [2.24, 2.45) is 34.5 Å². The van der Waals surface area contributed by atoms with E-state index in [1.807, 2.05) is 6.08 Å². The van der Waals surface area contributed by atoms with Crippen LogP contribution in [0.25, 0.3) is 0 Å². The molecule has 3 saturated carbocycles. The summed E-state index contributed by atoms with van der Waals surface area (Å²) in [5.74, 6) is 6.84. The van der Waals surface area contributed by atoms with Gasteiger partial charge in [-0.3, -0.25) is 4.79 Å². The number of carbonyl (C=O) groups excluding carboxylic acids is 1. The Balaban J connectivity index is 1.65. The average molecular weight is 310 g/mol. The largest absolute Gasteiger partial charge is 0.295 e. The predicted octanol–water partition coefficient (Wildman–Crippen LogP) is 5.16. The fourth-order valence-corrected chi connectivity index (χ4v) is 7.23. The molecule has 0 unspecified atom stereocenters. The van der Waals surface area contributed by atoms with E-state index in [-0.39, 0.29) is 5.41 Å². The van der Waals surface area contributed by atoms with E-state index < -0.39 is 0 Å². The zero-order chi connectivity index (χ0) is 16.2. The lowest BCUT2D eigenvalue weighted by Crippen LogP contribution is -2.49. The lowest BCUT2D eigenvalue weighted by atomic mass is 9.48. The van der Waals surface area contributed by atoms with Gasteiger partial charge in [-0.2, -0.15) is 0 Å². The highest BCUT2D eigenvalue weighted by molar-refractivity contribution is 5.91. The predicted molar refractivity (Wildman–Crippen MR) is 93.7 cm³/mol. The number of rotatable bonds is 1.